The first-order chi connectivity index (χ1) is 20.0. The largest absolute Gasteiger partial charge is 0.468 e. The third-order valence-electron chi connectivity index (χ3n) is 6.41. The molecule has 0 heterocycles. The summed E-state index contributed by atoms with van der Waals surface area (Å²) in [6.45, 7) is 5.42. The number of Topliss-reactive ketones (excluding diaryl/α,β-unsaturated/α-hetero) is 1. The van der Waals surface area contributed by atoms with Gasteiger partial charge >= 0.3 is 13.7 Å². The van der Waals surface area contributed by atoms with E-state index in [1.165, 1.54) is 25.2 Å². The van der Waals surface area contributed by atoms with E-state index in [1.807, 2.05) is 24.3 Å². The molecule has 0 saturated heterocycles. The van der Waals surface area contributed by atoms with Gasteiger partial charge in [0.2, 0.25) is 0 Å². The van der Waals surface area contributed by atoms with Gasteiger partial charge in [0, 0.05) is 12.0 Å². The molecule has 0 aliphatic carbocycles. The van der Waals surface area contributed by atoms with Gasteiger partial charge in [-0.25, -0.2) is 4.57 Å². The van der Waals surface area contributed by atoms with E-state index in [1.54, 1.807) is 37.3 Å². The molecule has 0 fully saturated rings. The number of rotatable bonds is 17. The molecule has 0 saturated carbocycles. The number of nitrogens with one attached hydrogen (secondary N) is 1. The van der Waals surface area contributed by atoms with Gasteiger partial charge in [0.1, 0.15) is 11.8 Å². The van der Waals surface area contributed by atoms with Crippen molar-refractivity contribution in [1.29, 1.82) is 0 Å². The maximum Gasteiger partial charge on any atom is 0.459 e. The summed E-state index contributed by atoms with van der Waals surface area (Å²) in [7, 11) is -2.78. The van der Waals surface area contributed by atoms with Crippen molar-refractivity contribution in [2.24, 2.45) is 5.73 Å². The van der Waals surface area contributed by atoms with Crippen LogP contribution in [0.25, 0.3) is 0 Å². The van der Waals surface area contributed by atoms with E-state index in [2.05, 4.69) is 36.3 Å². The lowest BCUT2D eigenvalue weighted by Gasteiger charge is -2.28. The molecule has 3 atom stereocenters. The van der Waals surface area contributed by atoms with Crippen LogP contribution in [0.15, 0.2) is 78.9 Å². The maximum absolute atomic E-state index is 13.5. The van der Waals surface area contributed by atoms with Crippen LogP contribution in [0.2, 0.25) is 0 Å². The lowest BCUT2D eigenvalue weighted by atomic mass is 10.0. The van der Waals surface area contributed by atoms with E-state index in [-0.39, 0.29) is 25.6 Å². The standard InChI is InChI=1S/C32H41N2O7P/c1-24-13-15-26(16-14-24)9-8-12-30(35)28-19-17-27(18-20-28)21-39-22-32(3,33)23-40-42(37,34-25(2)31(36)38-4)41-29-10-6-5-7-11-29/h5-7,10-11,13-20,25H,8-9,12,21-23,33H2,1-4H3,(H,34,37)/t25-,32+,42?/m0/s1. The van der Waals surface area contributed by atoms with Crippen molar-refractivity contribution in [2.45, 2.75) is 58.2 Å². The zero-order chi connectivity index (χ0) is 30.6. The third kappa shape index (κ3) is 11.2. The third-order valence-corrected chi connectivity index (χ3v) is 8.03. The summed E-state index contributed by atoms with van der Waals surface area (Å²) in [5.41, 5.74) is 9.35. The van der Waals surface area contributed by atoms with Crippen molar-refractivity contribution in [3.05, 3.63) is 101 Å². The molecule has 0 bridgehead atoms. The highest BCUT2D eigenvalue weighted by Gasteiger charge is 2.34. The lowest BCUT2D eigenvalue weighted by Crippen LogP contribution is -2.46. The Bertz CT molecular complexity index is 1330. The lowest BCUT2D eigenvalue weighted by molar-refractivity contribution is -0.142. The van der Waals surface area contributed by atoms with Gasteiger partial charge in [-0.3, -0.25) is 14.1 Å². The van der Waals surface area contributed by atoms with Crippen molar-refractivity contribution < 1.29 is 32.7 Å². The summed E-state index contributed by atoms with van der Waals surface area (Å²) < 4.78 is 35.3. The van der Waals surface area contributed by atoms with Crippen LogP contribution in [-0.2, 0) is 36.4 Å². The molecule has 0 aromatic heterocycles. The minimum Gasteiger partial charge on any atom is -0.468 e. The Hall–Kier alpha value is -3.33. The van der Waals surface area contributed by atoms with Gasteiger partial charge in [0.15, 0.2) is 5.78 Å². The fourth-order valence-corrected chi connectivity index (χ4v) is 5.62. The fourth-order valence-electron chi connectivity index (χ4n) is 3.99. The molecule has 0 spiro atoms. The predicted octanol–water partition coefficient (Wildman–Crippen LogP) is 5.79. The molecule has 0 aliphatic heterocycles. The van der Waals surface area contributed by atoms with E-state index in [0.717, 1.165) is 18.4 Å². The topological polar surface area (TPSA) is 126 Å². The number of methoxy groups -OCH3 is 1. The van der Waals surface area contributed by atoms with Crippen LogP contribution in [0.3, 0.4) is 0 Å². The molecule has 3 rings (SSSR count). The highest BCUT2D eigenvalue weighted by molar-refractivity contribution is 7.52. The van der Waals surface area contributed by atoms with Crippen molar-refractivity contribution in [3.8, 4) is 5.75 Å². The summed E-state index contributed by atoms with van der Waals surface area (Å²) >= 11 is 0. The Kier molecular flexibility index (Phi) is 12.5. The second-order valence-corrected chi connectivity index (χ2v) is 12.3. The predicted molar refractivity (Wildman–Crippen MR) is 162 cm³/mol. The number of para-hydroxylation sites is 1. The van der Waals surface area contributed by atoms with Crippen molar-refractivity contribution >= 4 is 19.5 Å². The zero-order valence-electron chi connectivity index (χ0n) is 24.7. The Morgan fingerprint density at radius 3 is 2.24 bits per heavy atom. The summed E-state index contributed by atoms with van der Waals surface area (Å²) in [5.74, 6) is -0.212. The number of hydrogen-bond donors (Lipinski definition) is 2. The normalized spacial score (nSPS) is 14.8. The number of benzene rings is 3. The maximum atomic E-state index is 13.5. The number of nitrogens with two attached hydrogens (primary N) is 1. The van der Waals surface area contributed by atoms with Crippen molar-refractivity contribution in [2.75, 3.05) is 20.3 Å². The molecule has 1 unspecified atom stereocenters. The van der Waals surface area contributed by atoms with Crippen molar-refractivity contribution in [1.82, 2.24) is 5.09 Å². The van der Waals surface area contributed by atoms with Crippen LogP contribution in [0.1, 0.15) is 53.7 Å². The molecule has 0 aliphatic rings. The van der Waals surface area contributed by atoms with Crippen LogP contribution in [0.4, 0.5) is 0 Å². The molecular weight excluding hydrogens is 555 g/mol. The smallest absolute Gasteiger partial charge is 0.459 e. The summed E-state index contributed by atoms with van der Waals surface area (Å²) in [5, 5.41) is 2.60. The number of aryl methyl sites for hydroxylation is 2. The van der Waals surface area contributed by atoms with Crippen LogP contribution < -0.4 is 15.3 Å². The van der Waals surface area contributed by atoms with Gasteiger partial charge < -0.3 is 19.7 Å². The summed E-state index contributed by atoms with van der Waals surface area (Å²) in [4.78, 5) is 24.5. The number of hydrogen-bond acceptors (Lipinski definition) is 8. The number of ether oxygens (including phenoxy) is 2. The van der Waals surface area contributed by atoms with E-state index in [4.69, 9.17) is 24.3 Å². The minimum absolute atomic E-state index is 0.0879. The molecule has 0 radical (unpaired) electrons. The Morgan fingerprint density at radius 1 is 0.952 bits per heavy atom. The molecule has 42 heavy (non-hydrogen) atoms. The van der Waals surface area contributed by atoms with Gasteiger partial charge in [-0.05, 0) is 56.9 Å². The Morgan fingerprint density at radius 2 is 1.60 bits per heavy atom. The van der Waals surface area contributed by atoms with Crippen LogP contribution in [0.5, 0.6) is 5.75 Å². The molecule has 226 valence electrons. The average molecular weight is 597 g/mol. The molecule has 3 N–H and O–H groups in total. The zero-order valence-corrected chi connectivity index (χ0v) is 25.6. The molecular formula is C32H41N2O7P. The van der Waals surface area contributed by atoms with E-state index >= 15 is 0 Å². The van der Waals surface area contributed by atoms with E-state index in [9.17, 15) is 14.2 Å². The van der Waals surface area contributed by atoms with E-state index < -0.39 is 25.3 Å². The highest BCUT2D eigenvalue weighted by atomic mass is 31.2. The van der Waals surface area contributed by atoms with Crippen molar-refractivity contribution in [3.63, 3.8) is 0 Å². The first kappa shape index (κ1) is 33.2. The minimum atomic E-state index is -4.01. The Labute approximate surface area is 248 Å². The molecule has 3 aromatic carbocycles. The summed E-state index contributed by atoms with van der Waals surface area (Å²) in [6, 6.07) is 23.2. The van der Waals surface area contributed by atoms with Crippen LogP contribution in [0, 0.1) is 6.92 Å². The molecule has 0 amide bonds. The molecule has 10 heteroatoms. The second kappa shape index (κ2) is 15.8. The molecule has 3 aromatic rings. The number of carbonyl (C=O) groups excluding carboxylic acids is 2. The first-order valence-corrected chi connectivity index (χ1v) is 15.4. The number of ketones is 1. The Balaban J connectivity index is 1.47. The number of esters is 1. The highest BCUT2D eigenvalue weighted by Crippen LogP contribution is 2.45. The van der Waals surface area contributed by atoms with Gasteiger partial charge in [-0.2, -0.15) is 5.09 Å². The van der Waals surface area contributed by atoms with Gasteiger partial charge in [0.05, 0.1) is 32.5 Å². The van der Waals surface area contributed by atoms with Crippen LogP contribution in [-0.4, -0.2) is 43.7 Å². The average Bonchev–Trinajstić information content (AvgIpc) is 2.97. The van der Waals surface area contributed by atoms with Gasteiger partial charge in [0.25, 0.3) is 0 Å². The van der Waals surface area contributed by atoms with Gasteiger partial charge in [-0.15, -0.1) is 0 Å². The second-order valence-electron chi connectivity index (χ2n) is 10.7. The van der Waals surface area contributed by atoms with Crippen LogP contribution >= 0.6 is 7.75 Å². The SMILES string of the molecule is COC(=O)[C@H](C)NP(=O)(OC[C@](C)(N)COCc1ccc(C(=O)CCCc2ccc(C)cc2)cc1)Oc1ccccc1. The first-order valence-electron chi connectivity index (χ1n) is 13.9. The molecule has 9 nitrogen and oxygen atoms in total. The summed E-state index contributed by atoms with van der Waals surface area (Å²) in [6.07, 6.45) is 2.15. The fraction of sp³-hybridized carbons (Fsp3) is 0.375. The van der Waals surface area contributed by atoms with E-state index in [0.29, 0.717) is 17.7 Å². The number of carbonyl (C=O) groups is 2. The quantitative estimate of drug-likeness (QED) is 0.113. The van der Waals surface area contributed by atoms with Gasteiger partial charge in [-0.1, -0.05) is 72.3 Å². The monoisotopic (exact) mass is 596 g/mol.